The second kappa shape index (κ2) is 5.91. The van der Waals surface area contributed by atoms with E-state index in [1.807, 2.05) is 25.1 Å². The molecule has 2 nitrogen and oxygen atoms in total. The van der Waals surface area contributed by atoms with Gasteiger partial charge in [-0.05, 0) is 36.6 Å². The molecule has 0 saturated heterocycles. The summed E-state index contributed by atoms with van der Waals surface area (Å²) in [6.07, 6.45) is 2.75. The number of aryl methyl sites for hydroxylation is 1. The van der Waals surface area contributed by atoms with Gasteiger partial charge >= 0.3 is 0 Å². The lowest BCUT2D eigenvalue weighted by Gasteiger charge is -2.08. The number of carbonyl (C=O) groups is 1. The first-order chi connectivity index (χ1) is 7.17. The van der Waals surface area contributed by atoms with Crippen LogP contribution in [-0.2, 0) is 11.2 Å². The maximum Gasteiger partial charge on any atom is 0.122 e. The molecule has 1 rings (SSSR count). The first-order valence-corrected chi connectivity index (χ1v) is 5.74. The number of methoxy groups -OCH3 is 1. The third-order valence-corrected chi connectivity index (χ3v) is 3.13. The fraction of sp³-hybridized carbons (Fsp3) is 0.417. The average molecular weight is 271 g/mol. The van der Waals surface area contributed by atoms with E-state index in [0.29, 0.717) is 0 Å². The van der Waals surface area contributed by atoms with Crippen LogP contribution < -0.4 is 4.74 Å². The Bertz CT molecular complexity index is 336. The van der Waals surface area contributed by atoms with Gasteiger partial charge in [-0.3, -0.25) is 0 Å². The Balaban J connectivity index is 2.70. The number of benzene rings is 1. The van der Waals surface area contributed by atoms with Crippen LogP contribution in [0.4, 0.5) is 0 Å². The molecule has 0 aliphatic carbocycles. The highest BCUT2D eigenvalue weighted by molar-refractivity contribution is 9.10. The first-order valence-electron chi connectivity index (χ1n) is 4.95. The molecule has 0 fully saturated rings. The van der Waals surface area contributed by atoms with E-state index in [1.54, 1.807) is 7.11 Å². The van der Waals surface area contributed by atoms with Crippen molar-refractivity contribution in [2.45, 2.75) is 19.8 Å². The van der Waals surface area contributed by atoms with Gasteiger partial charge in [0.1, 0.15) is 12.0 Å². The predicted molar refractivity (Wildman–Crippen MR) is 64.2 cm³/mol. The molecular weight excluding hydrogens is 256 g/mol. The zero-order valence-corrected chi connectivity index (χ0v) is 10.6. The minimum atomic E-state index is 0.114. The fourth-order valence-corrected chi connectivity index (χ4v) is 1.77. The van der Waals surface area contributed by atoms with Crippen LogP contribution in [0.15, 0.2) is 22.7 Å². The van der Waals surface area contributed by atoms with Crippen molar-refractivity contribution in [1.29, 1.82) is 0 Å². The highest BCUT2D eigenvalue weighted by Crippen LogP contribution is 2.24. The molecular formula is C12H15BrO2. The average Bonchev–Trinajstić information content (AvgIpc) is 2.27. The van der Waals surface area contributed by atoms with E-state index in [4.69, 9.17) is 4.74 Å². The predicted octanol–water partition coefficient (Wildman–Crippen LogP) is 3.23. The van der Waals surface area contributed by atoms with Crippen molar-refractivity contribution in [1.82, 2.24) is 0 Å². The van der Waals surface area contributed by atoms with Crippen molar-refractivity contribution in [3.63, 3.8) is 0 Å². The van der Waals surface area contributed by atoms with Crippen LogP contribution in [0.1, 0.15) is 18.9 Å². The lowest BCUT2D eigenvalue weighted by molar-refractivity contribution is -0.110. The van der Waals surface area contributed by atoms with E-state index >= 15 is 0 Å². The minimum absolute atomic E-state index is 0.114. The maximum atomic E-state index is 10.5. The van der Waals surface area contributed by atoms with Gasteiger partial charge in [-0.15, -0.1) is 0 Å². The van der Waals surface area contributed by atoms with Gasteiger partial charge in [0.25, 0.3) is 0 Å². The van der Waals surface area contributed by atoms with Crippen molar-refractivity contribution < 1.29 is 9.53 Å². The highest BCUT2D eigenvalue weighted by Gasteiger charge is 2.05. The second-order valence-corrected chi connectivity index (χ2v) is 4.46. The van der Waals surface area contributed by atoms with Crippen LogP contribution in [0.5, 0.6) is 5.75 Å². The molecule has 82 valence electrons. The number of hydrogen-bond acceptors (Lipinski definition) is 2. The van der Waals surface area contributed by atoms with Crippen molar-refractivity contribution in [2.24, 2.45) is 5.92 Å². The monoisotopic (exact) mass is 270 g/mol. The van der Waals surface area contributed by atoms with Gasteiger partial charge in [-0.25, -0.2) is 0 Å². The molecule has 0 saturated carbocycles. The van der Waals surface area contributed by atoms with Crippen LogP contribution in [0.2, 0.25) is 0 Å². The molecule has 0 bridgehead atoms. The molecule has 0 aromatic heterocycles. The highest BCUT2D eigenvalue weighted by atomic mass is 79.9. The van der Waals surface area contributed by atoms with Crippen molar-refractivity contribution in [3.8, 4) is 5.75 Å². The molecule has 0 heterocycles. The topological polar surface area (TPSA) is 26.3 Å². The summed E-state index contributed by atoms with van der Waals surface area (Å²) in [7, 11) is 1.65. The van der Waals surface area contributed by atoms with Gasteiger partial charge in [0.05, 0.1) is 7.11 Å². The summed E-state index contributed by atoms with van der Waals surface area (Å²) in [5.74, 6) is 0.968. The Morgan fingerprint density at radius 2 is 2.27 bits per heavy atom. The summed E-state index contributed by atoms with van der Waals surface area (Å²) in [5, 5.41) is 0. The summed E-state index contributed by atoms with van der Waals surface area (Å²) in [6, 6.07) is 5.89. The van der Waals surface area contributed by atoms with Crippen LogP contribution >= 0.6 is 15.9 Å². The molecule has 15 heavy (non-hydrogen) atoms. The van der Waals surface area contributed by atoms with Crippen molar-refractivity contribution in [2.75, 3.05) is 7.11 Å². The molecule has 1 aromatic rings. The SMILES string of the molecule is COc1ccc(Br)c(CC[C@H](C)C=O)c1. The first kappa shape index (κ1) is 12.2. The van der Waals surface area contributed by atoms with Gasteiger partial charge in [-0.2, -0.15) is 0 Å². The van der Waals surface area contributed by atoms with Gasteiger partial charge in [-0.1, -0.05) is 22.9 Å². The third kappa shape index (κ3) is 3.67. The molecule has 0 N–H and O–H groups in total. The Hall–Kier alpha value is -0.830. The van der Waals surface area contributed by atoms with Crippen LogP contribution in [0, 0.1) is 5.92 Å². The molecule has 1 aromatic carbocycles. The minimum Gasteiger partial charge on any atom is -0.497 e. The van der Waals surface area contributed by atoms with Gasteiger partial charge in [0, 0.05) is 10.4 Å². The summed E-state index contributed by atoms with van der Waals surface area (Å²) in [5.41, 5.74) is 1.18. The molecule has 1 atom stereocenters. The molecule has 0 unspecified atom stereocenters. The lowest BCUT2D eigenvalue weighted by atomic mass is 10.0. The molecule has 0 radical (unpaired) electrons. The van der Waals surface area contributed by atoms with Crippen molar-refractivity contribution in [3.05, 3.63) is 28.2 Å². The molecule has 0 aliphatic rings. The summed E-state index contributed by atoms with van der Waals surface area (Å²) >= 11 is 3.49. The summed E-state index contributed by atoms with van der Waals surface area (Å²) in [4.78, 5) is 10.5. The molecule has 0 spiro atoms. The number of rotatable bonds is 5. The Labute approximate surface area is 98.8 Å². The van der Waals surface area contributed by atoms with Crippen LogP contribution in [0.25, 0.3) is 0 Å². The smallest absolute Gasteiger partial charge is 0.122 e. The second-order valence-electron chi connectivity index (χ2n) is 3.61. The van der Waals surface area contributed by atoms with E-state index in [2.05, 4.69) is 15.9 Å². The number of ether oxygens (including phenoxy) is 1. The number of carbonyl (C=O) groups excluding carboxylic acids is 1. The van der Waals surface area contributed by atoms with Crippen LogP contribution in [-0.4, -0.2) is 13.4 Å². The number of halogens is 1. The van der Waals surface area contributed by atoms with E-state index in [9.17, 15) is 4.79 Å². The maximum absolute atomic E-state index is 10.5. The molecule has 0 aliphatic heterocycles. The largest absolute Gasteiger partial charge is 0.497 e. The number of aldehydes is 1. The number of hydrogen-bond donors (Lipinski definition) is 0. The third-order valence-electron chi connectivity index (χ3n) is 2.35. The van der Waals surface area contributed by atoms with Gasteiger partial charge < -0.3 is 9.53 Å². The summed E-state index contributed by atoms with van der Waals surface area (Å²) < 4.78 is 6.22. The zero-order chi connectivity index (χ0) is 11.3. The Morgan fingerprint density at radius 3 is 2.87 bits per heavy atom. The van der Waals surface area contributed by atoms with E-state index in [-0.39, 0.29) is 5.92 Å². The Morgan fingerprint density at radius 1 is 1.53 bits per heavy atom. The van der Waals surface area contributed by atoms with E-state index in [0.717, 1.165) is 29.4 Å². The standard InChI is InChI=1S/C12H15BrO2/c1-9(8-14)3-4-10-7-11(15-2)5-6-12(10)13/h5-9H,3-4H2,1-2H3/t9-/m0/s1. The van der Waals surface area contributed by atoms with Crippen LogP contribution in [0.3, 0.4) is 0 Å². The van der Waals surface area contributed by atoms with Gasteiger partial charge in [0.2, 0.25) is 0 Å². The lowest BCUT2D eigenvalue weighted by Crippen LogP contribution is -1.99. The Kier molecular flexibility index (Phi) is 4.82. The summed E-state index contributed by atoms with van der Waals surface area (Å²) in [6.45, 7) is 1.93. The van der Waals surface area contributed by atoms with E-state index < -0.39 is 0 Å². The quantitative estimate of drug-likeness (QED) is 0.768. The fourth-order valence-electron chi connectivity index (χ4n) is 1.32. The van der Waals surface area contributed by atoms with Gasteiger partial charge in [0.15, 0.2) is 0 Å². The zero-order valence-electron chi connectivity index (χ0n) is 9.00. The van der Waals surface area contributed by atoms with Crippen molar-refractivity contribution >= 4 is 22.2 Å². The van der Waals surface area contributed by atoms with E-state index in [1.165, 1.54) is 5.56 Å². The molecule has 0 amide bonds. The molecule has 3 heteroatoms. The normalized spacial score (nSPS) is 12.2.